The van der Waals surface area contributed by atoms with Crippen LogP contribution in [0.15, 0.2) is 18.2 Å². The van der Waals surface area contributed by atoms with Crippen molar-refractivity contribution in [2.75, 3.05) is 20.1 Å². The highest BCUT2D eigenvalue weighted by Crippen LogP contribution is 2.44. The minimum absolute atomic E-state index is 0.0664. The lowest BCUT2D eigenvalue weighted by Gasteiger charge is -2.30. The van der Waals surface area contributed by atoms with Gasteiger partial charge in [-0.15, -0.1) is 0 Å². The van der Waals surface area contributed by atoms with Crippen LogP contribution in [0.5, 0.6) is 0 Å². The SMILES string of the molecule is CN1CCC(c2cc(F)ccc2C2CC2)CC1. The molecule has 0 aromatic heterocycles. The van der Waals surface area contributed by atoms with E-state index < -0.39 is 0 Å². The van der Waals surface area contributed by atoms with Crippen molar-refractivity contribution in [3.8, 4) is 0 Å². The molecule has 1 saturated heterocycles. The number of benzene rings is 1. The van der Waals surface area contributed by atoms with Gasteiger partial charge in [-0.2, -0.15) is 0 Å². The molecule has 3 rings (SSSR count). The molecule has 1 nitrogen and oxygen atoms in total. The van der Waals surface area contributed by atoms with E-state index in [1.54, 1.807) is 12.1 Å². The summed E-state index contributed by atoms with van der Waals surface area (Å²) in [6.45, 7) is 2.29. The molecular weight excluding hydrogens is 213 g/mol. The Morgan fingerprint density at radius 2 is 1.65 bits per heavy atom. The van der Waals surface area contributed by atoms with Crippen LogP contribution in [0.25, 0.3) is 0 Å². The maximum atomic E-state index is 13.5. The molecule has 0 unspecified atom stereocenters. The Balaban J connectivity index is 1.87. The molecule has 1 aliphatic carbocycles. The highest BCUT2D eigenvalue weighted by atomic mass is 19.1. The summed E-state index contributed by atoms with van der Waals surface area (Å²) in [5.74, 6) is 1.24. The van der Waals surface area contributed by atoms with E-state index in [-0.39, 0.29) is 5.82 Å². The van der Waals surface area contributed by atoms with Crippen LogP contribution in [0, 0.1) is 5.82 Å². The zero-order valence-electron chi connectivity index (χ0n) is 10.5. The summed E-state index contributed by atoms with van der Waals surface area (Å²) in [5.41, 5.74) is 2.74. The molecule has 2 heteroatoms. The van der Waals surface area contributed by atoms with Crippen molar-refractivity contribution in [2.24, 2.45) is 0 Å². The molecule has 0 amide bonds. The third kappa shape index (κ3) is 2.37. The second-order valence-corrected chi connectivity index (χ2v) is 5.63. The van der Waals surface area contributed by atoms with Crippen molar-refractivity contribution in [3.63, 3.8) is 0 Å². The first-order chi connectivity index (χ1) is 8.24. The smallest absolute Gasteiger partial charge is 0.123 e. The zero-order chi connectivity index (χ0) is 11.8. The van der Waals surface area contributed by atoms with Crippen LogP contribution in [0.1, 0.15) is 48.6 Å². The molecule has 1 aromatic carbocycles. The first-order valence-corrected chi connectivity index (χ1v) is 6.72. The maximum Gasteiger partial charge on any atom is 0.123 e. The third-order valence-electron chi connectivity index (χ3n) is 4.22. The van der Waals surface area contributed by atoms with Gasteiger partial charge in [-0.25, -0.2) is 4.39 Å². The zero-order valence-corrected chi connectivity index (χ0v) is 10.5. The molecule has 1 aromatic rings. The number of halogens is 1. The van der Waals surface area contributed by atoms with Gasteiger partial charge in [0.05, 0.1) is 0 Å². The molecule has 1 aliphatic heterocycles. The Hall–Kier alpha value is -0.890. The van der Waals surface area contributed by atoms with Crippen molar-refractivity contribution in [3.05, 3.63) is 35.1 Å². The molecule has 1 saturated carbocycles. The third-order valence-corrected chi connectivity index (χ3v) is 4.22. The van der Waals surface area contributed by atoms with Gasteiger partial charge in [-0.05, 0) is 80.9 Å². The predicted molar refractivity (Wildman–Crippen MR) is 67.8 cm³/mol. The fourth-order valence-electron chi connectivity index (χ4n) is 2.98. The van der Waals surface area contributed by atoms with Gasteiger partial charge < -0.3 is 4.90 Å². The largest absolute Gasteiger partial charge is 0.306 e. The molecule has 0 atom stereocenters. The van der Waals surface area contributed by atoms with Crippen LogP contribution in [-0.4, -0.2) is 25.0 Å². The van der Waals surface area contributed by atoms with Gasteiger partial charge in [-0.3, -0.25) is 0 Å². The van der Waals surface area contributed by atoms with E-state index in [2.05, 4.69) is 11.9 Å². The summed E-state index contributed by atoms with van der Waals surface area (Å²) in [4.78, 5) is 2.37. The lowest BCUT2D eigenvalue weighted by Crippen LogP contribution is -2.29. The van der Waals surface area contributed by atoms with Crippen molar-refractivity contribution < 1.29 is 4.39 Å². The quantitative estimate of drug-likeness (QED) is 0.755. The Bertz CT molecular complexity index is 403. The number of hydrogen-bond donors (Lipinski definition) is 0. The lowest BCUT2D eigenvalue weighted by atomic mass is 9.85. The number of nitrogens with zero attached hydrogens (tertiary/aromatic N) is 1. The second kappa shape index (κ2) is 4.41. The summed E-state index contributed by atoms with van der Waals surface area (Å²) in [6.07, 6.45) is 4.95. The molecular formula is C15H20FN. The molecule has 0 radical (unpaired) electrons. The van der Waals surface area contributed by atoms with Gasteiger partial charge in [0.1, 0.15) is 5.82 Å². The van der Waals surface area contributed by atoms with Crippen molar-refractivity contribution >= 4 is 0 Å². The van der Waals surface area contributed by atoms with Crippen LogP contribution in [0.3, 0.4) is 0 Å². The van der Waals surface area contributed by atoms with E-state index >= 15 is 0 Å². The van der Waals surface area contributed by atoms with E-state index in [9.17, 15) is 4.39 Å². The summed E-state index contributed by atoms with van der Waals surface area (Å²) in [6, 6.07) is 5.45. The number of likely N-dealkylation sites (tertiary alicyclic amines) is 1. The highest BCUT2D eigenvalue weighted by molar-refractivity contribution is 5.36. The Kier molecular flexibility index (Phi) is 2.91. The fraction of sp³-hybridized carbons (Fsp3) is 0.600. The summed E-state index contributed by atoms with van der Waals surface area (Å²) >= 11 is 0. The monoisotopic (exact) mass is 233 g/mol. The van der Waals surface area contributed by atoms with Crippen LogP contribution in [-0.2, 0) is 0 Å². The Morgan fingerprint density at radius 1 is 1.00 bits per heavy atom. The minimum atomic E-state index is -0.0664. The molecule has 0 spiro atoms. The van der Waals surface area contributed by atoms with Gasteiger partial charge in [0.2, 0.25) is 0 Å². The topological polar surface area (TPSA) is 3.24 Å². The number of piperidine rings is 1. The highest BCUT2D eigenvalue weighted by Gasteiger charge is 2.29. The van der Waals surface area contributed by atoms with Crippen LogP contribution >= 0.6 is 0 Å². The summed E-state index contributed by atoms with van der Waals surface area (Å²) in [5, 5.41) is 0. The molecule has 17 heavy (non-hydrogen) atoms. The Morgan fingerprint density at radius 3 is 2.29 bits per heavy atom. The summed E-state index contributed by atoms with van der Waals surface area (Å²) < 4.78 is 13.5. The van der Waals surface area contributed by atoms with Gasteiger partial charge in [0, 0.05) is 0 Å². The maximum absolute atomic E-state index is 13.5. The van der Waals surface area contributed by atoms with Crippen LogP contribution < -0.4 is 0 Å². The van der Waals surface area contributed by atoms with E-state index in [0.717, 1.165) is 19.0 Å². The van der Waals surface area contributed by atoms with Gasteiger partial charge in [0.15, 0.2) is 0 Å². The van der Waals surface area contributed by atoms with Gasteiger partial charge in [-0.1, -0.05) is 6.07 Å². The van der Waals surface area contributed by atoms with Crippen LogP contribution in [0.4, 0.5) is 4.39 Å². The number of hydrogen-bond acceptors (Lipinski definition) is 1. The summed E-state index contributed by atoms with van der Waals surface area (Å²) in [7, 11) is 2.17. The standard InChI is InChI=1S/C15H20FN/c1-17-8-6-12(7-9-17)15-10-13(16)4-5-14(15)11-2-3-11/h4-5,10-12H,2-3,6-9H2,1H3. The van der Waals surface area contributed by atoms with Crippen LogP contribution in [0.2, 0.25) is 0 Å². The molecule has 0 bridgehead atoms. The molecule has 0 N–H and O–H groups in total. The first kappa shape index (κ1) is 11.2. The second-order valence-electron chi connectivity index (χ2n) is 5.63. The van der Waals surface area contributed by atoms with Gasteiger partial charge in [0.25, 0.3) is 0 Å². The van der Waals surface area contributed by atoms with E-state index in [1.165, 1.54) is 36.8 Å². The van der Waals surface area contributed by atoms with E-state index in [1.807, 2.05) is 6.07 Å². The van der Waals surface area contributed by atoms with Crippen molar-refractivity contribution in [1.82, 2.24) is 4.90 Å². The van der Waals surface area contributed by atoms with E-state index in [0.29, 0.717) is 5.92 Å². The van der Waals surface area contributed by atoms with Gasteiger partial charge >= 0.3 is 0 Å². The first-order valence-electron chi connectivity index (χ1n) is 6.72. The minimum Gasteiger partial charge on any atom is -0.306 e. The molecule has 1 heterocycles. The molecule has 92 valence electrons. The predicted octanol–water partition coefficient (Wildman–Crippen LogP) is 3.51. The molecule has 2 fully saturated rings. The van der Waals surface area contributed by atoms with Crippen molar-refractivity contribution in [1.29, 1.82) is 0 Å². The average molecular weight is 233 g/mol. The van der Waals surface area contributed by atoms with E-state index in [4.69, 9.17) is 0 Å². The fourth-order valence-corrected chi connectivity index (χ4v) is 2.98. The average Bonchev–Trinajstić information content (AvgIpc) is 3.14. The number of rotatable bonds is 2. The van der Waals surface area contributed by atoms with Crippen molar-refractivity contribution in [2.45, 2.75) is 37.5 Å². The lowest BCUT2D eigenvalue weighted by molar-refractivity contribution is 0.254. The Labute approximate surface area is 103 Å². The normalized spacial score (nSPS) is 22.9. The molecule has 2 aliphatic rings.